The molecule has 1 heterocycles. The van der Waals surface area contributed by atoms with E-state index in [4.69, 9.17) is 11.6 Å². The molecule has 0 unspecified atom stereocenters. The lowest BCUT2D eigenvalue weighted by molar-refractivity contribution is -0.118. The van der Waals surface area contributed by atoms with Gasteiger partial charge in [0.25, 0.3) is 5.56 Å². The lowest BCUT2D eigenvalue weighted by Gasteiger charge is -2.16. The predicted molar refractivity (Wildman–Crippen MR) is 101 cm³/mol. The number of nitrogens with zero attached hydrogens (tertiary/aromatic N) is 1. The Morgan fingerprint density at radius 3 is 2.50 bits per heavy atom. The molecule has 0 radical (unpaired) electrons. The Balaban J connectivity index is 1.56. The van der Waals surface area contributed by atoms with Crippen molar-refractivity contribution in [3.05, 3.63) is 81.6 Å². The Bertz CT molecular complexity index is 1000. The van der Waals surface area contributed by atoms with Gasteiger partial charge in [0.2, 0.25) is 5.91 Å². The van der Waals surface area contributed by atoms with E-state index in [1.165, 1.54) is 6.07 Å². The van der Waals surface area contributed by atoms with Gasteiger partial charge in [-0.05, 0) is 48.7 Å². The lowest BCUT2D eigenvalue weighted by Crippen LogP contribution is -2.27. The van der Waals surface area contributed by atoms with E-state index in [0.717, 1.165) is 24.0 Å². The van der Waals surface area contributed by atoms with Gasteiger partial charge in [0.1, 0.15) is 0 Å². The summed E-state index contributed by atoms with van der Waals surface area (Å²) in [5, 5.41) is 10.1. The summed E-state index contributed by atoms with van der Waals surface area (Å²) in [4.78, 5) is 24.0. The quantitative estimate of drug-likeness (QED) is 0.739. The summed E-state index contributed by atoms with van der Waals surface area (Å²) in [6.07, 6.45) is 1.64. The molecule has 1 aliphatic rings. The molecular formula is C20H16ClN3O2. The smallest absolute Gasteiger partial charge is 0.264 e. The maximum absolute atomic E-state index is 12.9. The maximum atomic E-state index is 12.9. The minimum atomic E-state index is -0.475. The summed E-state index contributed by atoms with van der Waals surface area (Å²) >= 11 is 5.95. The fraction of sp³-hybridized carbons (Fsp3) is 0.150. The number of amides is 1. The highest BCUT2D eigenvalue weighted by molar-refractivity contribution is 6.30. The van der Waals surface area contributed by atoms with Gasteiger partial charge < -0.3 is 5.32 Å². The second-order valence-electron chi connectivity index (χ2n) is 6.43. The molecule has 1 fully saturated rings. The molecule has 1 aliphatic carbocycles. The average Bonchev–Trinajstić information content (AvgIpc) is 3.45. The van der Waals surface area contributed by atoms with Crippen LogP contribution in [0, 0.1) is 0 Å². The van der Waals surface area contributed by atoms with Gasteiger partial charge in [-0.25, -0.2) is 5.10 Å². The van der Waals surface area contributed by atoms with Gasteiger partial charge >= 0.3 is 0 Å². The number of nitrogens with one attached hydrogen (secondary N) is 2. The molecule has 0 spiro atoms. The van der Waals surface area contributed by atoms with Gasteiger partial charge in [-0.15, -0.1) is 0 Å². The first kappa shape index (κ1) is 16.5. The van der Waals surface area contributed by atoms with Crippen LogP contribution in [0.2, 0.25) is 5.02 Å². The predicted octanol–water partition coefficient (Wildman–Crippen LogP) is 3.76. The lowest BCUT2D eigenvalue weighted by atomic mass is 9.95. The van der Waals surface area contributed by atoms with Crippen LogP contribution in [-0.4, -0.2) is 16.1 Å². The number of aromatic amines is 1. The fourth-order valence-electron chi connectivity index (χ4n) is 3.05. The summed E-state index contributed by atoms with van der Waals surface area (Å²) in [6, 6.07) is 17.9. The zero-order chi connectivity index (χ0) is 18.1. The summed E-state index contributed by atoms with van der Waals surface area (Å²) < 4.78 is 0. The van der Waals surface area contributed by atoms with Crippen LogP contribution in [0.1, 0.15) is 18.4 Å². The van der Waals surface area contributed by atoms with Crippen molar-refractivity contribution in [3.63, 3.8) is 0 Å². The highest BCUT2D eigenvalue weighted by Gasteiger charge is 2.51. The first-order valence-corrected chi connectivity index (χ1v) is 8.68. The van der Waals surface area contributed by atoms with Gasteiger partial charge in [-0.3, -0.25) is 9.59 Å². The minimum absolute atomic E-state index is 0.0219. The minimum Gasteiger partial charge on any atom is -0.325 e. The Kier molecular flexibility index (Phi) is 4.09. The van der Waals surface area contributed by atoms with Crippen LogP contribution in [0.25, 0.3) is 11.3 Å². The van der Waals surface area contributed by atoms with E-state index in [0.29, 0.717) is 16.4 Å². The summed E-state index contributed by atoms with van der Waals surface area (Å²) in [5.74, 6) is -0.0219. The number of aromatic nitrogens is 2. The monoisotopic (exact) mass is 365 g/mol. The fourth-order valence-corrected chi connectivity index (χ4v) is 3.18. The van der Waals surface area contributed by atoms with Crippen molar-refractivity contribution >= 4 is 23.2 Å². The molecule has 2 aromatic carbocycles. The van der Waals surface area contributed by atoms with E-state index < -0.39 is 5.41 Å². The van der Waals surface area contributed by atoms with E-state index in [9.17, 15) is 9.59 Å². The van der Waals surface area contributed by atoms with E-state index in [-0.39, 0.29) is 11.5 Å². The standard InChI is InChI=1S/C20H16ClN3O2/c21-15-6-4-14(5-7-15)20(10-11-20)19(26)22-16-3-1-2-13(12-16)17-8-9-18(25)24-23-17/h1-9,12H,10-11H2,(H,22,26)(H,24,25). The molecular weight excluding hydrogens is 350 g/mol. The molecule has 1 aromatic heterocycles. The van der Waals surface area contributed by atoms with Crippen molar-refractivity contribution in [3.8, 4) is 11.3 Å². The molecule has 1 amide bonds. The van der Waals surface area contributed by atoms with Crippen LogP contribution in [0.15, 0.2) is 65.5 Å². The van der Waals surface area contributed by atoms with Crippen LogP contribution in [0.4, 0.5) is 5.69 Å². The SMILES string of the molecule is O=C(Nc1cccc(-c2ccc(=O)[nH]n2)c1)C1(c2ccc(Cl)cc2)CC1. The summed E-state index contributed by atoms with van der Waals surface area (Å²) in [6.45, 7) is 0. The first-order valence-electron chi connectivity index (χ1n) is 8.30. The van der Waals surface area contributed by atoms with Crippen molar-refractivity contribution in [2.24, 2.45) is 0 Å². The molecule has 1 saturated carbocycles. The van der Waals surface area contributed by atoms with Gasteiger partial charge in [-0.1, -0.05) is 35.9 Å². The van der Waals surface area contributed by atoms with E-state index in [2.05, 4.69) is 15.5 Å². The van der Waals surface area contributed by atoms with Gasteiger partial charge in [0.05, 0.1) is 11.1 Å². The summed E-state index contributed by atoms with van der Waals surface area (Å²) in [7, 11) is 0. The molecule has 0 aliphatic heterocycles. The van der Waals surface area contributed by atoms with E-state index in [1.54, 1.807) is 6.07 Å². The van der Waals surface area contributed by atoms with Crippen molar-refractivity contribution in [2.75, 3.05) is 5.32 Å². The first-order chi connectivity index (χ1) is 12.6. The highest BCUT2D eigenvalue weighted by Crippen LogP contribution is 2.49. The molecule has 0 saturated heterocycles. The molecule has 5 nitrogen and oxygen atoms in total. The Morgan fingerprint density at radius 1 is 1.08 bits per heavy atom. The van der Waals surface area contributed by atoms with Crippen LogP contribution >= 0.6 is 11.6 Å². The van der Waals surface area contributed by atoms with Gasteiger partial charge in [0, 0.05) is 22.3 Å². The van der Waals surface area contributed by atoms with Crippen molar-refractivity contribution in [1.82, 2.24) is 10.2 Å². The maximum Gasteiger partial charge on any atom is 0.264 e. The zero-order valence-electron chi connectivity index (χ0n) is 13.8. The molecule has 4 rings (SSSR count). The van der Waals surface area contributed by atoms with E-state index >= 15 is 0 Å². The largest absolute Gasteiger partial charge is 0.325 e. The normalized spacial score (nSPS) is 14.7. The third-order valence-corrected chi connectivity index (χ3v) is 4.93. The van der Waals surface area contributed by atoms with Crippen molar-refractivity contribution in [2.45, 2.75) is 18.3 Å². The highest BCUT2D eigenvalue weighted by atomic mass is 35.5. The number of anilines is 1. The average molecular weight is 366 g/mol. The van der Waals surface area contributed by atoms with Crippen LogP contribution in [-0.2, 0) is 10.2 Å². The number of H-pyrrole nitrogens is 1. The van der Waals surface area contributed by atoms with Crippen molar-refractivity contribution < 1.29 is 4.79 Å². The number of hydrogen-bond donors (Lipinski definition) is 2. The third-order valence-electron chi connectivity index (χ3n) is 4.68. The van der Waals surface area contributed by atoms with Gasteiger partial charge in [0.15, 0.2) is 0 Å². The molecule has 0 bridgehead atoms. The number of carbonyl (C=O) groups is 1. The summed E-state index contributed by atoms with van der Waals surface area (Å²) in [5.41, 5.74) is 2.40. The number of carbonyl (C=O) groups excluding carboxylic acids is 1. The topological polar surface area (TPSA) is 74.8 Å². The van der Waals surface area contributed by atoms with Crippen LogP contribution in [0.5, 0.6) is 0 Å². The number of rotatable bonds is 4. The van der Waals surface area contributed by atoms with Crippen molar-refractivity contribution in [1.29, 1.82) is 0 Å². The molecule has 0 atom stereocenters. The second kappa shape index (κ2) is 6.42. The third kappa shape index (κ3) is 3.13. The van der Waals surface area contributed by atoms with Crippen LogP contribution < -0.4 is 10.9 Å². The molecule has 26 heavy (non-hydrogen) atoms. The second-order valence-corrected chi connectivity index (χ2v) is 6.87. The Morgan fingerprint density at radius 2 is 1.85 bits per heavy atom. The van der Waals surface area contributed by atoms with E-state index in [1.807, 2.05) is 48.5 Å². The zero-order valence-corrected chi connectivity index (χ0v) is 14.6. The molecule has 2 N–H and O–H groups in total. The molecule has 6 heteroatoms. The van der Waals surface area contributed by atoms with Crippen LogP contribution in [0.3, 0.4) is 0 Å². The Hall–Kier alpha value is -2.92. The number of halogens is 1. The molecule has 130 valence electrons. The Labute approximate surface area is 155 Å². The number of benzene rings is 2. The number of hydrogen-bond acceptors (Lipinski definition) is 3. The molecule has 3 aromatic rings. The van der Waals surface area contributed by atoms with Gasteiger partial charge in [-0.2, -0.15) is 5.10 Å².